The zero-order valence-corrected chi connectivity index (χ0v) is 20.4. The molecule has 0 radical (unpaired) electrons. The summed E-state index contributed by atoms with van der Waals surface area (Å²) < 4.78 is 21.9. The summed E-state index contributed by atoms with van der Waals surface area (Å²) in [6.45, 7) is 7.16. The number of benzene rings is 2. The number of carbonyl (C=O) groups is 1. The molecule has 0 saturated carbocycles. The number of ether oxygens (including phenoxy) is 4. The van der Waals surface area contributed by atoms with Crippen LogP contribution in [0.4, 0.5) is 4.79 Å². The van der Waals surface area contributed by atoms with Gasteiger partial charge in [0.15, 0.2) is 0 Å². The van der Waals surface area contributed by atoms with Crippen LogP contribution >= 0.6 is 0 Å². The third-order valence-corrected chi connectivity index (χ3v) is 5.31. The van der Waals surface area contributed by atoms with Gasteiger partial charge in [-0.2, -0.15) is 0 Å². The Morgan fingerprint density at radius 2 is 1.71 bits per heavy atom. The number of aliphatic hydroxyl groups is 1. The van der Waals surface area contributed by atoms with Crippen LogP contribution in [0.15, 0.2) is 48.5 Å². The third kappa shape index (κ3) is 8.11. The van der Waals surface area contributed by atoms with E-state index >= 15 is 0 Å². The number of hydrogen-bond acceptors (Lipinski definition) is 8. The molecule has 186 valence electrons. The number of rotatable bonds is 9. The van der Waals surface area contributed by atoms with Crippen molar-refractivity contribution in [1.82, 2.24) is 5.06 Å². The SMILES string of the molecule is COc1cccc(OCCCOc2ccc(C3CCN(OC(=O)OC(C)(C)C)CC3O)cc2)c1. The van der Waals surface area contributed by atoms with Crippen molar-refractivity contribution in [3.63, 3.8) is 0 Å². The molecule has 8 heteroatoms. The molecule has 2 aromatic rings. The van der Waals surface area contributed by atoms with Crippen LogP contribution < -0.4 is 14.2 Å². The standard InChI is InChI=1S/C26H35NO7/c1-26(2,3)33-25(29)34-27-14-13-23(24(28)18-27)19-9-11-20(12-10-19)31-15-6-16-32-22-8-5-7-21(17-22)30-4/h5,7-12,17,23-24,28H,6,13-16,18H2,1-4H3. The molecule has 0 bridgehead atoms. The van der Waals surface area contributed by atoms with Gasteiger partial charge in [-0.1, -0.05) is 18.2 Å². The lowest BCUT2D eigenvalue weighted by atomic mass is 9.88. The van der Waals surface area contributed by atoms with E-state index in [0.717, 1.165) is 29.2 Å². The first-order valence-electron chi connectivity index (χ1n) is 11.6. The molecule has 2 aromatic carbocycles. The number of carbonyl (C=O) groups excluding carboxylic acids is 1. The maximum Gasteiger partial charge on any atom is 0.528 e. The lowest BCUT2D eigenvalue weighted by Gasteiger charge is -2.34. The van der Waals surface area contributed by atoms with E-state index in [-0.39, 0.29) is 12.5 Å². The monoisotopic (exact) mass is 473 g/mol. The molecule has 2 atom stereocenters. The lowest BCUT2D eigenvalue weighted by Crippen LogP contribution is -2.44. The van der Waals surface area contributed by atoms with E-state index in [4.69, 9.17) is 23.8 Å². The Bertz CT molecular complexity index is 910. The van der Waals surface area contributed by atoms with Gasteiger partial charge < -0.3 is 28.9 Å². The summed E-state index contributed by atoms with van der Waals surface area (Å²) in [5, 5.41) is 12.1. The summed E-state index contributed by atoms with van der Waals surface area (Å²) >= 11 is 0. The fourth-order valence-corrected chi connectivity index (χ4v) is 3.69. The van der Waals surface area contributed by atoms with Crippen molar-refractivity contribution in [1.29, 1.82) is 0 Å². The van der Waals surface area contributed by atoms with Crippen molar-refractivity contribution in [3.05, 3.63) is 54.1 Å². The number of hydrogen-bond donors (Lipinski definition) is 1. The second kappa shape index (κ2) is 11.9. The van der Waals surface area contributed by atoms with Gasteiger partial charge in [-0.15, -0.1) is 5.06 Å². The number of β-amino-alcohol motifs (C(OH)–C–C–N with tert-alkyl or cyclic N) is 1. The molecule has 0 aromatic heterocycles. The highest BCUT2D eigenvalue weighted by Gasteiger charge is 2.32. The first-order chi connectivity index (χ1) is 16.2. The molecule has 8 nitrogen and oxygen atoms in total. The summed E-state index contributed by atoms with van der Waals surface area (Å²) in [5.74, 6) is 2.26. The second-order valence-electron chi connectivity index (χ2n) is 9.20. The zero-order chi connectivity index (χ0) is 24.6. The van der Waals surface area contributed by atoms with E-state index in [9.17, 15) is 9.90 Å². The van der Waals surface area contributed by atoms with Crippen LogP contribution in [0.25, 0.3) is 0 Å². The first kappa shape index (κ1) is 25.6. The Labute approximate surface area is 201 Å². The lowest BCUT2D eigenvalue weighted by molar-refractivity contribution is -0.170. The van der Waals surface area contributed by atoms with E-state index in [0.29, 0.717) is 26.2 Å². The first-order valence-corrected chi connectivity index (χ1v) is 11.6. The fraction of sp³-hybridized carbons (Fsp3) is 0.500. The summed E-state index contributed by atoms with van der Waals surface area (Å²) in [4.78, 5) is 17.1. The number of hydroxylamine groups is 2. The van der Waals surface area contributed by atoms with Gasteiger partial charge in [0.05, 0.1) is 33.0 Å². The van der Waals surface area contributed by atoms with Crippen LogP contribution in [0.1, 0.15) is 45.1 Å². The van der Waals surface area contributed by atoms with Gasteiger partial charge in [-0.25, -0.2) is 4.79 Å². The van der Waals surface area contributed by atoms with Crippen molar-refractivity contribution < 1.29 is 33.7 Å². The number of methoxy groups -OCH3 is 1. The van der Waals surface area contributed by atoms with Crippen LogP contribution in [0, 0.1) is 0 Å². The molecular formula is C26H35NO7. The van der Waals surface area contributed by atoms with Gasteiger partial charge >= 0.3 is 6.16 Å². The van der Waals surface area contributed by atoms with E-state index in [1.165, 1.54) is 5.06 Å². The highest BCUT2D eigenvalue weighted by molar-refractivity contribution is 5.60. The van der Waals surface area contributed by atoms with Gasteiger partial charge in [0.1, 0.15) is 22.8 Å². The summed E-state index contributed by atoms with van der Waals surface area (Å²) in [5.41, 5.74) is 0.402. The Hall–Kier alpha value is -2.97. The predicted octanol–water partition coefficient (Wildman–Crippen LogP) is 4.56. The molecule has 0 aliphatic carbocycles. The molecular weight excluding hydrogens is 438 g/mol. The minimum absolute atomic E-state index is 0.0381. The third-order valence-electron chi connectivity index (χ3n) is 5.31. The van der Waals surface area contributed by atoms with Crippen LogP contribution in [-0.2, 0) is 9.57 Å². The molecule has 1 fully saturated rings. The zero-order valence-electron chi connectivity index (χ0n) is 20.4. The van der Waals surface area contributed by atoms with Crippen molar-refractivity contribution in [2.24, 2.45) is 0 Å². The second-order valence-corrected chi connectivity index (χ2v) is 9.20. The molecule has 1 saturated heterocycles. The Morgan fingerprint density at radius 3 is 2.35 bits per heavy atom. The quantitative estimate of drug-likeness (QED) is 0.419. The fourth-order valence-electron chi connectivity index (χ4n) is 3.69. The van der Waals surface area contributed by atoms with Gasteiger partial charge in [0.2, 0.25) is 0 Å². The molecule has 0 amide bonds. The van der Waals surface area contributed by atoms with Crippen LogP contribution in [-0.4, -0.2) is 61.4 Å². The summed E-state index contributed by atoms with van der Waals surface area (Å²) in [6.07, 6.45) is -0.00945. The van der Waals surface area contributed by atoms with Crippen LogP contribution in [0.2, 0.25) is 0 Å². The average molecular weight is 474 g/mol. The van der Waals surface area contributed by atoms with E-state index < -0.39 is 17.9 Å². The number of piperidine rings is 1. The maximum atomic E-state index is 11.9. The Kier molecular flexibility index (Phi) is 9.01. The normalized spacial score (nSPS) is 18.7. The molecule has 3 rings (SSSR count). The van der Waals surface area contributed by atoms with Crippen molar-refractivity contribution in [2.75, 3.05) is 33.4 Å². The van der Waals surface area contributed by atoms with Crippen molar-refractivity contribution in [3.8, 4) is 17.2 Å². The predicted molar refractivity (Wildman–Crippen MR) is 127 cm³/mol. The van der Waals surface area contributed by atoms with Gasteiger partial charge in [-0.3, -0.25) is 0 Å². The van der Waals surface area contributed by atoms with Crippen LogP contribution in [0.5, 0.6) is 17.2 Å². The largest absolute Gasteiger partial charge is 0.528 e. The number of nitrogens with zero attached hydrogens (tertiary/aromatic N) is 1. The highest BCUT2D eigenvalue weighted by atomic mass is 16.8. The molecule has 0 spiro atoms. The Balaban J connectivity index is 1.39. The molecule has 34 heavy (non-hydrogen) atoms. The number of aliphatic hydroxyl groups excluding tert-OH is 1. The molecule has 1 N–H and O–H groups in total. The smallest absolute Gasteiger partial charge is 0.497 e. The van der Waals surface area contributed by atoms with E-state index in [2.05, 4.69) is 0 Å². The van der Waals surface area contributed by atoms with Gasteiger partial charge in [0, 0.05) is 24.9 Å². The summed E-state index contributed by atoms with van der Waals surface area (Å²) in [7, 11) is 1.63. The van der Waals surface area contributed by atoms with Crippen molar-refractivity contribution >= 4 is 6.16 Å². The molecule has 1 aliphatic rings. The topological polar surface area (TPSA) is 86.7 Å². The highest BCUT2D eigenvalue weighted by Crippen LogP contribution is 2.30. The maximum absolute atomic E-state index is 11.9. The average Bonchev–Trinajstić information content (AvgIpc) is 2.78. The van der Waals surface area contributed by atoms with Gasteiger partial charge in [-0.05, 0) is 57.0 Å². The molecule has 1 aliphatic heterocycles. The van der Waals surface area contributed by atoms with E-state index in [1.54, 1.807) is 27.9 Å². The Morgan fingerprint density at radius 1 is 1.03 bits per heavy atom. The van der Waals surface area contributed by atoms with Crippen LogP contribution in [0.3, 0.4) is 0 Å². The minimum atomic E-state index is -0.756. The minimum Gasteiger partial charge on any atom is -0.497 e. The van der Waals surface area contributed by atoms with E-state index in [1.807, 2.05) is 48.5 Å². The molecule has 2 unspecified atom stereocenters. The molecule has 1 heterocycles. The van der Waals surface area contributed by atoms with Crippen molar-refractivity contribution in [2.45, 2.75) is 51.2 Å². The van der Waals surface area contributed by atoms with Gasteiger partial charge in [0.25, 0.3) is 0 Å². The summed E-state index contributed by atoms with van der Waals surface area (Å²) in [6, 6.07) is 15.3.